The van der Waals surface area contributed by atoms with Crippen LogP contribution >= 0.6 is 23.2 Å². The molecule has 0 radical (unpaired) electrons. The number of carbonyl (C=O) groups excluding carboxylic acids is 1. The number of aliphatic hydroxyl groups is 2. The first-order valence-corrected chi connectivity index (χ1v) is 15.5. The lowest BCUT2D eigenvalue weighted by atomic mass is 9.89. The second-order valence-electron chi connectivity index (χ2n) is 10.4. The molecule has 10 nitrogen and oxygen atoms in total. The van der Waals surface area contributed by atoms with Gasteiger partial charge in [-0.15, -0.1) is 0 Å². The first-order chi connectivity index (χ1) is 22.5. The Kier molecular flexibility index (Phi) is 9.70. The summed E-state index contributed by atoms with van der Waals surface area (Å²) < 4.78 is 3.28. The number of fused-ring (bicyclic) bond motifs is 2. The Hall–Kier alpha value is -4.61. The maximum absolute atomic E-state index is 15.4. The number of nitrogens with zero attached hydrogens (tertiary/aromatic N) is 5. The van der Waals surface area contributed by atoms with Gasteiger partial charge in [0.15, 0.2) is 0 Å². The van der Waals surface area contributed by atoms with Crippen molar-refractivity contribution in [3.8, 4) is 0 Å². The lowest BCUT2D eigenvalue weighted by Crippen LogP contribution is -2.32. The lowest BCUT2D eigenvalue weighted by Gasteiger charge is -2.29. The highest BCUT2D eigenvalue weighted by Crippen LogP contribution is 2.43. The molecule has 0 aliphatic rings. The monoisotopic (exact) mass is 659 g/mol. The topological polar surface area (TPSA) is 115 Å². The SMILES string of the molecule is O=C(C(c1cn(OCCCO)c2ccccc12)c1cn(OCCCO)c2ccccc12)N(c1ccncc1Cl)c1ccncc1Cl. The van der Waals surface area contributed by atoms with Gasteiger partial charge in [-0.1, -0.05) is 59.6 Å². The summed E-state index contributed by atoms with van der Waals surface area (Å²) in [6.07, 6.45) is 10.6. The molecule has 12 heteroatoms. The Morgan fingerprint density at radius 3 is 1.63 bits per heavy atom. The minimum absolute atomic E-state index is 0.0166. The number of anilines is 2. The van der Waals surface area contributed by atoms with Crippen LogP contribution in [0.1, 0.15) is 29.9 Å². The molecular weight excluding hydrogens is 629 g/mol. The molecule has 1 amide bonds. The Labute approximate surface area is 274 Å². The third kappa shape index (κ3) is 6.12. The van der Waals surface area contributed by atoms with Crippen LogP contribution < -0.4 is 14.6 Å². The second kappa shape index (κ2) is 14.2. The van der Waals surface area contributed by atoms with E-state index in [9.17, 15) is 10.2 Å². The van der Waals surface area contributed by atoms with Gasteiger partial charge in [0.1, 0.15) is 13.2 Å². The molecule has 0 bridgehead atoms. The number of para-hydroxylation sites is 2. The molecule has 0 unspecified atom stereocenters. The number of benzene rings is 2. The second-order valence-corrected chi connectivity index (χ2v) is 11.3. The predicted molar refractivity (Wildman–Crippen MR) is 178 cm³/mol. The van der Waals surface area contributed by atoms with Crippen LogP contribution in [0.25, 0.3) is 21.8 Å². The smallest absolute Gasteiger partial charge is 0.243 e. The van der Waals surface area contributed by atoms with Crippen LogP contribution in [-0.4, -0.2) is 62.0 Å². The number of pyridine rings is 2. The fraction of sp³-hybridized carbons (Fsp3) is 0.206. The largest absolute Gasteiger partial charge is 0.414 e. The van der Waals surface area contributed by atoms with E-state index in [1.807, 2.05) is 60.9 Å². The first-order valence-electron chi connectivity index (χ1n) is 14.7. The molecule has 6 aromatic rings. The van der Waals surface area contributed by atoms with E-state index in [4.69, 9.17) is 32.9 Å². The molecule has 2 N–H and O–H groups in total. The quantitative estimate of drug-likeness (QED) is 0.150. The van der Waals surface area contributed by atoms with Gasteiger partial charge in [0.05, 0.1) is 38.4 Å². The van der Waals surface area contributed by atoms with Crippen molar-refractivity contribution in [2.24, 2.45) is 0 Å². The number of halogens is 2. The van der Waals surface area contributed by atoms with Crippen LogP contribution in [-0.2, 0) is 4.79 Å². The molecule has 2 aromatic carbocycles. The molecular formula is C34H31Cl2N5O5. The van der Waals surface area contributed by atoms with Gasteiger partial charge < -0.3 is 19.9 Å². The summed E-state index contributed by atoms with van der Waals surface area (Å²) >= 11 is 13.4. The summed E-state index contributed by atoms with van der Waals surface area (Å²) in [6.45, 7) is 0.516. The van der Waals surface area contributed by atoms with Crippen molar-refractivity contribution in [2.45, 2.75) is 18.8 Å². The van der Waals surface area contributed by atoms with Crippen LogP contribution in [0, 0.1) is 0 Å². The van der Waals surface area contributed by atoms with Gasteiger partial charge in [0, 0.05) is 74.0 Å². The summed E-state index contributed by atoms with van der Waals surface area (Å²) in [4.78, 5) is 37.2. The minimum atomic E-state index is -0.923. The van der Waals surface area contributed by atoms with Crippen LogP contribution in [0.5, 0.6) is 0 Å². The summed E-state index contributed by atoms with van der Waals surface area (Å²) in [6, 6.07) is 18.6. The van der Waals surface area contributed by atoms with Gasteiger partial charge in [0.2, 0.25) is 5.91 Å². The summed E-state index contributed by atoms with van der Waals surface area (Å²) in [5, 5.41) is 20.9. The average molecular weight is 661 g/mol. The standard InChI is InChI=1S/C34H31Cl2N5O5/c35-27-19-37-13-11-31(27)41(32-12-14-38-20-28(32)36)34(44)33(25-21-39(45-17-5-15-42)29-9-3-1-7-23(25)29)26-22-40(46-18-6-16-43)30-10-4-2-8-24(26)30/h1-4,7-14,19-22,33,42-43H,5-6,15-18H2. The zero-order valence-electron chi connectivity index (χ0n) is 24.7. The van der Waals surface area contributed by atoms with Crippen molar-refractivity contribution < 1.29 is 24.7 Å². The summed E-state index contributed by atoms with van der Waals surface area (Å²) in [5.41, 5.74) is 3.64. The van der Waals surface area contributed by atoms with E-state index in [-0.39, 0.29) is 42.4 Å². The molecule has 6 rings (SSSR count). The number of hydrogen-bond donors (Lipinski definition) is 2. The molecule has 0 fully saturated rings. The molecule has 46 heavy (non-hydrogen) atoms. The number of rotatable bonds is 13. The molecule has 4 heterocycles. The van der Waals surface area contributed by atoms with Gasteiger partial charge >= 0.3 is 0 Å². The normalized spacial score (nSPS) is 11.4. The Bertz CT molecular complexity index is 1840. The molecule has 0 aliphatic heterocycles. The van der Waals surface area contributed by atoms with Crippen molar-refractivity contribution >= 4 is 62.3 Å². The van der Waals surface area contributed by atoms with Gasteiger partial charge in [-0.05, 0) is 35.4 Å². The van der Waals surface area contributed by atoms with Crippen molar-refractivity contribution in [3.05, 3.63) is 119 Å². The van der Waals surface area contributed by atoms with E-state index in [1.54, 1.807) is 34.0 Å². The molecule has 0 spiro atoms. The van der Waals surface area contributed by atoms with Gasteiger partial charge in [-0.2, -0.15) is 9.46 Å². The summed E-state index contributed by atoms with van der Waals surface area (Å²) in [5.74, 6) is -1.27. The maximum Gasteiger partial charge on any atom is 0.243 e. The van der Waals surface area contributed by atoms with E-state index in [2.05, 4.69) is 9.97 Å². The zero-order chi connectivity index (χ0) is 32.0. The Balaban J connectivity index is 1.62. The Morgan fingerprint density at radius 2 is 1.20 bits per heavy atom. The van der Waals surface area contributed by atoms with Crippen molar-refractivity contribution in [2.75, 3.05) is 31.3 Å². The van der Waals surface area contributed by atoms with E-state index in [0.717, 1.165) is 21.8 Å². The summed E-state index contributed by atoms with van der Waals surface area (Å²) in [7, 11) is 0. The molecule has 0 saturated heterocycles. The molecule has 4 aromatic heterocycles. The molecule has 0 saturated carbocycles. The van der Waals surface area contributed by atoms with E-state index in [1.165, 1.54) is 17.3 Å². The maximum atomic E-state index is 15.4. The van der Waals surface area contributed by atoms with Crippen molar-refractivity contribution in [1.29, 1.82) is 0 Å². The van der Waals surface area contributed by atoms with E-state index >= 15 is 4.79 Å². The lowest BCUT2D eigenvalue weighted by molar-refractivity contribution is -0.118. The zero-order valence-corrected chi connectivity index (χ0v) is 26.2. The van der Waals surface area contributed by atoms with Gasteiger partial charge in [0.25, 0.3) is 0 Å². The number of hydrogen-bond acceptors (Lipinski definition) is 7. The minimum Gasteiger partial charge on any atom is -0.414 e. The number of aromatic nitrogens is 4. The fourth-order valence-electron chi connectivity index (χ4n) is 5.51. The number of amides is 1. The molecule has 0 aliphatic carbocycles. The Morgan fingerprint density at radius 1 is 0.739 bits per heavy atom. The third-order valence-corrected chi connectivity index (χ3v) is 8.14. The van der Waals surface area contributed by atoms with Gasteiger partial charge in [-0.25, -0.2) is 0 Å². The first kappa shape index (κ1) is 31.4. The van der Waals surface area contributed by atoms with Crippen LogP contribution in [0.15, 0.2) is 97.8 Å². The van der Waals surface area contributed by atoms with Crippen LogP contribution in [0.2, 0.25) is 10.0 Å². The third-order valence-electron chi connectivity index (χ3n) is 7.56. The predicted octanol–water partition coefficient (Wildman–Crippen LogP) is 5.81. The van der Waals surface area contributed by atoms with Gasteiger partial charge in [-0.3, -0.25) is 19.7 Å². The van der Waals surface area contributed by atoms with Crippen LogP contribution in [0.3, 0.4) is 0 Å². The molecule has 236 valence electrons. The fourth-order valence-corrected chi connectivity index (χ4v) is 5.92. The van der Waals surface area contributed by atoms with Crippen molar-refractivity contribution in [3.63, 3.8) is 0 Å². The number of aliphatic hydroxyl groups excluding tert-OH is 2. The molecule has 0 atom stereocenters. The van der Waals surface area contributed by atoms with E-state index < -0.39 is 5.92 Å². The van der Waals surface area contributed by atoms with Crippen molar-refractivity contribution in [1.82, 2.24) is 19.4 Å². The highest BCUT2D eigenvalue weighted by atomic mass is 35.5. The average Bonchev–Trinajstić information content (AvgIpc) is 3.62. The number of carbonyl (C=O) groups is 1. The van der Waals surface area contributed by atoms with E-state index in [0.29, 0.717) is 35.3 Å². The van der Waals surface area contributed by atoms with Crippen LogP contribution in [0.4, 0.5) is 11.4 Å². The highest BCUT2D eigenvalue weighted by Gasteiger charge is 2.36. The highest BCUT2D eigenvalue weighted by molar-refractivity contribution is 6.36.